The van der Waals surface area contributed by atoms with Crippen molar-refractivity contribution in [3.8, 4) is 0 Å². The minimum Gasteiger partial charge on any atom is -0.382 e. The lowest BCUT2D eigenvalue weighted by molar-refractivity contribution is -0.0512. The summed E-state index contributed by atoms with van der Waals surface area (Å²) in [5, 5.41) is 2.61. The fourth-order valence-electron chi connectivity index (χ4n) is 5.54. The Bertz CT molecular complexity index is 1900. The third kappa shape index (κ3) is 5.40. The van der Waals surface area contributed by atoms with Crippen LogP contribution >= 0.6 is 14.9 Å². The van der Waals surface area contributed by atoms with E-state index in [0.29, 0.717) is 0 Å². The Morgan fingerprint density at radius 1 is 1.11 bits per heavy atom. The van der Waals surface area contributed by atoms with Gasteiger partial charge in [0.15, 0.2) is 41.3 Å². The molecule has 7 rings (SSSR count). The summed E-state index contributed by atoms with van der Waals surface area (Å²) in [6.45, 7) is -4.98. The van der Waals surface area contributed by atoms with Gasteiger partial charge in [-0.15, -0.1) is 4.52 Å². The lowest BCUT2D eigenvalue weighted by atomic mass is 10.1. The number of rotatable bonds is 3. The predicted octanol–water partition coefficient (Wildman–Crippen LogP) is -0.464. The van der Waals surface area contributed by atoms with Crippen LogP contribution < -0.4 is 22.1 Å². The molecule has 45 heavy (non-hydrogen) atoms. The second-order valence-electron chi connectivity index (χ2n) is 10.2. The van der Waals surface area contributed by atoms with E-state index < -0.39 is 76.1 Å². The normalized spacial score (nSPS) is 35.2. The summed E-state index contributed by atoms with van der Waals surface area (Å²) in [6, 6.07) is -1.26. The number of halogens is 1. The molecular weight excluding hydrogens is 663 g/mol. The van der Waals surface area contributed by atoms with Crippen LogP contribution in [0.2, 0.25) is 0 Å². The zero-order valence-electron chi connectivity index (χ0n) is 22.9. The average molecular weight is 689 g/mol. The first kappa shape index (κ1) is 30.5. The largest absolute Gasteiger partial charge is 0.613 e. The van der Waals surface area contributed by atoms with Crippen molar-refractivity contribution >= 4 is 60.8 Å². The highest BCUT2D eigenvalue weighted by atomic mass is 32.5. The Morgan fingerprint density at radius 2 is 1.84 bits per heavy atom. The summed E-state index contributed by atoms with van der Waals surface area (Å²) < 4.78 is 66.6. The van der Waals surface area contributed by atoms with Gasteiger partial charge in [0.2, 0.25) is 5.95 Å². The molecule has 0 radical (unpaired) electrons. The molecule has 7 heterocycles. The number of imidazole rings is 2. The summed E-state index contributed by atoms with van der Waals surface area (Å²) in [6.07, 6.45) is -4.81. The van der Waals surface area contributed by atoms with Gasteiger partial charge < -0.3 is 35.1 Å². The summed E-state index contributed by atoms with van der Waals surface area (Å²) in [4.78, 5) is 46.3. The van der Waals surface area contributed by atoms with Crippen LogP contribution in [0.3, 0.4) is 0 Å². The molecule has 0 saturated carbocycles. The Morgan fingerprint density at radius 3 is 2.62 bits per heavy atom. The number of aromatic nitrogens is 8. The minimum atomic E-state index is -4.15. The van der Waals surface area contributed by atoms with Gasteiger partial charge in [-0.3, -0.25) is 23.4 Å². The first-order chi connectivity index (χ1) is 21.5. The first-order valence-electron chi connectivity index (χ1n) is 13.2. The molecule has 3 saturated heterocycles. The molecule has 0 spiro atoms. The molecule has 3 aliphatic heterocycles. The molecule has 2 bridgehead atoms. The van der Waals surface area contributed by atoms with E-state index in [1.807, 2.05) is 0 Å². The van der Waals surface area contributed by atoms with Gasteiger partial charge in [0.1, 0.15) is 48.9 Å². The van der Waals surface area contributed by atoms with Gasteiger partial charge in [-0.2, -0.15) is 4.98 Å². The van der Waals surface area contributed by atoms with Crippen LogP contribution in [0.1, 0.15) is 12.5 Å². The number of alkyl halides is 1. The van der Waals surface area contributed by atoms with E-state index in [0.717, 1.165) is 0 Å². The van der Waals surface area contributed by atoms with Crippen molar-refractivity contribution in [2.24, 2.45) is 0 Å². The Kier molecular flexibility index (Phi) is 7.85. The quantitative estimate of drug-likeness (QED) is 0.170. The van der Waals surface area contributed by atoms with E-state index in [1.54, 1.807) is 0 Å². The molecule has 3 aliphatic rings. The van der Waals surface area contributed by atoms with E-state index in [1.165, 1.54) is 35.2 Å². The van der Waals surface area contributed by atoms with Crippen molar-refractivity contribution in [3.63, 3.8) is 0 Å². The van der Waals surface area contributed by atoms with Crippen LogP contribution in [-0.2, 0) is 44.2 Å². The van der Waals surface area contributed by atoms with Gasteiger partial charge in [0, 0.05) is 7.11 Å². The number of anilines is 2. The van der Waals surface area contributed by atoms with Crippen molar-refractivity contribution in [2.75, 3.05) is 31.8 Å². The number of H-pyrrole nitrogens is 1. The van der Waals surface area contributed by atoms with Crippen LogP contribution in [0.15, 0.2) is 23.8 Å². The first-order valence-corrected chi connectivity index (χ1v) is 17.0. The second kappa shape index (κ2) is 11.6. The molecule has 4 aromatic heterocycles. The number of hydrogen-bond donors (Lipinski definition) is 5. The number of fused-ring (bicyclic) bond motifs is 5. The van der Waals surface area contributed by atoms with E-state index in [-0.39, 0.29) is 40.7 Å². The Hall–Kier alpha value is -3.14. The van der Waals surface area contributed by atoms with Crippen molar-refractivity contribution in [2.45, 2.75) is 49.1 Å². The highest BCUT2D eigenvalue weighted by Crippen LogP contribution is 2.51. The zero-order valence-corrected chi connectivity index (χ0v) is 25.5. The number of nitrogens with one attached hydrogen (secondary N) is 2. The van der Waals surface area contributed by atoms with Gasteiger partial charge in [-0.25, -0.2) is 24.3 Å². The lowest BCUT2D eigenvalue weighted by Gasteiger charge is -2.28. The van der Waals surface area contributed by atoms with Gasteiger partial charge in [0.25, 0.3) is 5.56 Å². The number of nitrogen functional groups attached to an aromatic ring is 2. The fourth-order valence-corrected chi connectivity index (χ4v) is 7.86. The molecular formula is C21H25FN11O9P2S+. The van der Waals surface area contributed by atoms with E-state index >= 15 is 4.39 Å². The van der Waals surface area contributed by atoms with Gasteiger partial charge >= 0.3 is 14.9 Å². The van der Waals surface area contributed by atoms with Gasteiger partial charge in [0.05, 0.1) is 19.3 Å². The maximum Gasteiger partial charge on any atom is 0.613 e. The van der Waals surface area contributed by atoms with Gasteiger partial charge in [-0.05, 0) is 16.4 Å². The van der Waals surface area contributed by atoms with Crippen LogP contribution in [-0.4, -0.2) is 101 Å². The number of hydrogen-bond acceptors (Lipinski definition) is 16. The lowest BCUT2D eigenvalue weighted by Crippen LogP contribution is -2.41. The second-order valence-corrected chi connectivity index (χ2v) is 14.0. The average Bonchev–Trinajstić information content (AvgIpc) is 3.75. The predicted molar refractivity (Wildman–Crippen MR) is 154 cm³/mol. The van der Waals surface area contributed by atoms with Crippen molar-refractivity contribution in [1.29, 1.82) is 0 Å². The Labute approximate surface area is 256 Å². The third-order valence-electron chi connectivity index (χ3n) is 7.54. The monoisotopic (exact) mass is 688 g/mol. The van der Waals surface area contributed by atoms with Crippen LogP contribution in [0.5, 0.6) is 0 Å². The molecule has 3 fully saturated rings. The highest BCUT2D eigenvalue weighted by molar-refractivity contribution is 8.07. The summed E-state index contributed by atoms with van der Waals surface area (Å²) >= 11 is 5.33. The molecule has 0 aromatic carbocycles. The number of methoxy groups -OCH3 is 1. The third-order valence-corrected chi connectivity index (χ3v) is 9.99. The number of nitrogens with two attached hydrogens (primary N) is 2. The van der Waals surface area contributed by atoms with E-state index in [4.69, 9.17) is 51.1 Å². The molecule has 0 amide bonds. The van der Waals surface area contributed by atoms with Crippen LogP contribution in [0.4, 0.5) is 16.2 Å². The molecule has 20 nitrogen and oxygen atoms in total. The summed E-state index contributed by atoms with van der Waals surface area (Å²) in [5.74, 6) is -0.0890. The Balaban J connectivity index is 1.20. The van der Waals surface area contributed by atoms with E-state index in [9.17, 15) is 14.3 Å². The number of nitrogens with zero attached hydrogens (tertiary/aromatic N) is 7. The molecule has 10 atom stereocenters. The maximum atomic E-state index is 16.0. The molecule has 240 valence electrons. The van der Waals surface area contributed by atoms with Crippen molar-refractivity contribution in [3.05, 3.63) is 29.3 Å². The SMILES string of the molecule is COC1C2CO[P+](=O)NC3C(COP(O)(=S)OC1C(n1cnc4c(=O)[nH]c(N)nc41)O2)OC(n1cnc2c(N)ncnc21)C3F. The van der Waals surface area contributed by atoms with Crippen LogP contribution in [0.25, 0.3) is 22.3 Å². The zero-order chi connectivity index (χ0) is 31.6. The molecule has 4 aromatic rings. The molecule has 7 N–H and O–H groups in total. The standard InChI is InChI=1S/C21H24FN11O9P2S/c1-37-13-8-2-38-43(35)31-10-7(40-19(9(10)22)32-5-27-11-15(23)25-4-26-16(11)32)3-39-44(36,45)42-14(13)20(41-8)33-6-28-12-17(33)29-21(24)30-18(12)34/h4-10,13-14,19-20H,2-3H2,1H3,(H6-,23,24,25,26,29,30,31,34,35,36,45)/p+1. The van der Waals surface area contributed by atoms with E-state index in [2.05, 4.69) is 35.0 Å². The topological polar surface area (TPSA) is 264 Å². The van der Waals surface area contributed by atoms with Crippen molar-refractivity contribution < 1.29 is 41.6 Å². The number of ether oxygens (including phenoxy) is 3. The highest BCUT2D eigenvalue weighted by Gasteiger charge is 2.54. The molecule has 24 heteroatoms. The minimum absolute atomic E-state index is 0.0406. The maximum absolute atomic E-state index is 16.0. The summed E-state index contributed by atoms with van der Waals surface area (Å²) in [7, 11) is -1.36. The smallest absolute Gasteiger partial charge is 0.382 e. The van der Waals surface area contributed by atoms with Crippen molar-refractivity contribution in [1.82, 2.24) is 44.1 Å². The molecule has 0 aliphatic carbocycles. The summed E-state index contributed by atoms with van der Waals surface area (Å²) in [5.41, 5.74) is 11.5. The molecule has 10 unspecified atom stereocenters. The number of aromatic amines is 1. The van der Waals surface area contributed by atoms with Gasteiger partial charge in [-0.1, -0.05) is 5.09 Å². The van der Waals surface area contributed by atoms with Crippen LogP contribution in [0, 0.1) is 0 Å². The fraction of sp³-hybridized carbons (Fsp3) is 0.524.